The number of hydrogen-bond acceptors (Lipinski definition) is 32. The van der Waals surface area contributed by atoms with Crippen LogP contribution in [-0.2, 0) is 34.9 Å². The molecule has 0 saturated carbocycles. The smallest absolute Gasteiger partial charge is 0.240 e. The number of carbonyl (C=O) groups is 3. The lowest BCUT2D eigenvalue weighted by Gasteiger charge is -2.17. The van der Waals surface area contributed by atoms with Crippen LogP contribution in [0, 0.1) is 11.8 Å². The van der Waals surface area contributed by atoms with Crippen LogP contribution < -0.4 is 14.2 Å². The third kappa shape index (κ3) is 26.1. The van der Waals surface area contributed by atoms with Crippen LogP contribution in [0.1, 0.15) is 166 Å². The molecule has 20 heterocycles. The standard InChI is InChI=1S/C11H13N3O.C10H13N3O2S.C10H11N3O.C10H13N3.C9H11N3O2S.C9H11N3O.C9H9N3O.C8H9N3O2S.C8H9N3O.C7H7N3O/c1-7(2)5-9(15)11-10-8(3-4-12-11)6-13-14-10;1-7(2)6-16(14,15)10-9-8(3-4-11-10)5-12-13-9;1-2-3-8(14)10-9-7(4-5-11-10)6-12-13-9;1-10(2,3)9-8-7(4-5-11-9)6-12-13-8;1-2-5-15(13,14)9-8-7(3-4-10-9)6-11-12-8;1-6(2)13-9-8-7(3-4-10-9)5-11-12-8;1-2-7(13)9-8-6(3-4-10-9)5-11-12-8;1-2-14(12,13)8-7-6(3-4-9-8)5-10-11-7;1-2-12-8-7-6(3-4-9-8)5-10-11-7;1-11-7-6-5(2-3-8-7)4-9-10-6/h3-4,6-7H,5H2,1-2H3,(H,13,14);3-5,7H,6H2,1-2H3,(H,12,13);4-6H,2-3H2,1H3,(H,12,13);4-6H,1-3H3,(H,12,13);3-4,6H,2,5H2,1H3,(H,11,12);3-6H,1-2H3,(H,11,12);3-5H,2H2,1H3,(H,11,12);3-5H,2H2,1H3,(H,10,11);3-5H,2H2,1H3,(H,10,11);2-4H,1H3,(H,9,10). The molecular formula is C91H106N30O12S3. The van der Waals surface area contributed by atoms with Gasteiger partial charge in [0.25, 0.3) is 0 Å². The van der Waals surface area contributed by atoms with Gasteiger partial charge in [0.05, 0.1) is 127 Å². The van der Waals surface area contributed by atoms with Crippen molar-refractivity contribution in [2.24, 2.45) is 11.8 Å². The summed E-state index contributed by atoms with van der Waals surface area (Å²) in [6.45, 7) is 27.9. The fourth-order valence-electron chi connectivity index (χ4n) is 13.2. The highest BCUT2D eigenvalue weighted by Gasteiger charge is 2.25. The van der Waals surface area contributed by atoms with Gasteiger partial charge in [-0.1, -0.05) is 76.2 Å². The molecule has 10 N–H and O–H groups in total. The number of carbonyl (C=O) groups excluding carboxylic acids is 3. The van der Waals surface area contributed by atoms with Gasteiger partial charge < -0.3 is 14.2 Å². The average molecular weight is 1910 g/mol. The molecule has 0 bridgehead atoms. The zero-order valence-electron chi connectivity index (χ0n) is 77.5. The molecule has 0 saturated heterocycles. The minimum Gasteiger partial charge on any atom is -0.479 e. The Morgan fingerprint density at radius 1 is 0.338 bits per heavy atom. The summed E-state index contributed by atoms with van der Waals surface area (Å²) in [4.78, 5) is 75.4. The van der Waals surface area contributed by atoms with Crippen LogP contribution >= 0.6 is 0 Å². The van der Waals surface area contributed by atoms with Crippen LogP contribution in [0.4, 0.5) is 0 Å². The number of rotatable bonds is 21. The lowest BCUT2D eigenvalue weighted by Crippen LogP contribution is -2.13. The Labute approximate surface area is 780 Å². The van der Waals surface area contributed by atoms with Crippen LogP contribution in [-0.4, -0.2) is 231 Å². The second kappa shape index (κ2) is 47.2. The van der Waals surface area contributed by atoms with E-state index in [0.29, 0.717) is 89.5 Å². The predicted molar refractivity (Wildman–Crippen MR) is 516 cm³/mol. The Balaban J connectivity index is 0.000000145. The highest BCUT2D eigenvalue weighted by Crippen LogP contribution is 2.29. The Morgan fingerprint density at radius 2 is 0.647 bits per heavy atom. The van der Waals surface area contributed by atoms with E-state index in [1.165, 1.54) is 18.6 Å². The molecule has 0 unspecified atom stereocenters. The fraction of sp³-hybridized carbons (Fsp3) is 0.308. The van der Waals surface area contributed by atoms with Gasteiger partial charge >= 0.3 is 0 Å². The second-order valence-electron chi connectivity index (χ2n) is 32.1. The number of hydrogen-bond donors (Lipinski definition) is 10. The van der Waals surface area contributed by atoms with E-state index >= 15 is 0 Å². The monoisotopic (exact) mass is 1910 g/mol. The van der Waals surface area contributed by atoms with E-state index in [1.807, 2.05) is 124 Å². The van der Waals surface area contributed by atoms with Crippen molar-refractivity contribution in [3.8, 4) is 17.6 Å². The maximum atomic E-state index is 12.0. The Hall–Kier alpha value is -15.5. The molecule has 0 aliphatic rings. The van der Waals surface area contributed by atoms with Crippen molar-refractivity contribution in [3.63, 3.8) is 0 Å². The normalized spacial score (nSPS) is 11.3. The van der Waals surface area contributed by atoms with Crippen LogP contribution in [0.15, 0.2) is 200 Å². The topological polar surface area (TPSA) is 597 Å². The van der Waals surface area contributed by atoms with Crippen molar-refractivity contribution in [2.45, 2.75) is 156 Å². The van der Waals surface area contributed by atoms with E-state index in [4.69, 9.17) is 14.2 Å². The molecule has 0 atom stereocenters. The van der Waals surface area contributed by atoms with Crippen molar-refractivity contribution >= 4 is 156 Å². The highest BCUT2D eigenvalue weighted by molar-refractivity contribution is 7.92. The summed E-state index contributed by atoms with van der Waals surface area (Å²) < 4.78 is 86.8. The summed E-state index contributed by atoms with van der Waals surface area (Å²) in [5.41, 5.74) is 9.90. The van der Waals surface area contributed by atoms with Crippen molar-refractivity contribution < 1.29 is 53.8 Å². The summed E-state index contributed by atoms with van der Waals surface area (Å²) in [7, 11) is -8.32. The summed E-state index contributed by atoms with van der Waals surface area (Å²) in [5, 5.41) is 76.1. The van der Waals surface area contributed by atoms with Gasteiger partial charge in [0.15, 0.2) is 61.9 Å². The summed E-state index contributed by atoms with van der Waals surface area (Å²) in [6, 6.07) is 18.3. The molecule has 20 aromatic heterocycles. The van der Waals surface area contributed by atoms with Gasteiger partial charge in [0, 0.05) is 141 Å². The Morgan fingerprint density at radius 3 is 1.01 bits per heavy atom. The molecule has 0 fully saturated rings. The molecule has 0 aliphatic carbocycles. The number of pyridine rings is 10. The molecule has 710 valence electrons. The number of ketones is 3. The number of aromatic nitrogens is 30. The Bertz CT molecular complexity index is 7700. The summed E-state index contributed by atoms with van der Waals surface area (Å²) >= 11 is 0. The molecule has 0 aromatic carbocycles. The minimum absolute atomic E-state index is 0.0369. The molecule has 20 rings (SSSR count). The average Bonchev–Trinajstić information content (AvgIpc) is 1.58. The molecule has 0 radical (unpaired) electrons. The van der Waals surface area contributed by atoms with Crippen LogP contribution in [0.2, 0.25) is 0 Å². The predicted octanol–water partition coefficient (Wildman–Crippen LogP) is 15.3. The molecule has 0 spiro atoms. The van der Waals surface area contributed by atoms with Crippen LogP contribution in [0.3, 0.4) is 0 Å². The zero-order valence-corrected chi connectivity index (χ0v) is 79.9. The quantitative estimate of drug-likeness (QED) is 0.0299. The maximum absolute atomic E-state index is 12.0. The molecular weight excluding hydrogens is 1800 g/mol. The second-order valence-corrected chi connectivity index (χ2v) is 38.3. The molecule has 136 heavy (non-hydrogen) atoms. The lowest BCUT2D eigenvalue weighted by molar-refractivity contribution is 0.0960. The minimum atomic E-state index is -3.34. The zero-order chi connectivity index (χ0) is 97.7. The third-order valence-corrected chi connectivity index (χ3v) is 24.9. The van der Waals surface area contributed by atoms with E-state index in [9.17, 15) is 39.6 Å². The van der Waals surface area contributed by atoms with E-state index in [-0.39, 0.29) is 67.1 Å². The van der Waals surface area contributed by atoms with E-state index in [1.54, 1.807) is 125 Å². The first-order chi connectivity index (χ1) is 65.3. The molecule has 20 aromatic rings. The first-order valence-corrected chi connectivity index (χ1v) is 48.2. The third-order valence-electron chi connectivity index (χ3n) is 19.4. The van der Waals surface area contributed by atoms with Gasteiger partial charge in [0.1, 0.15) is 50.2 Å². The number of methoxy groups -OCH3 is 1. The largest absolute Gasteiger partial charge is 0.479 e. The van der Waals surface area contributed by atoms with Gasteiger partial charge in [-0.25, -0.2) is 55.2 Å². The summed E-state index contributed by atoms with van der Waals surface area (Å²) in [6.07, 6.45) is 36.3. The Kier molecular flexibility index (Phi) is 35.1. The number of ether oxygens (including phenoxy) is 3. The van der Waals surface area contributed by atoms with E-state index in [2.05, 4.69) is 173 Å². The first kappa shape index (κ1) is 101. The lowest BCUT2D eigenvalue weighted by atomic mass is 9.90. The maximum Gasteiger partial charge on any atom is 0.240 e. The molecule has 42 nitrogen and oxygen atoms in total. The number of H-pyrrole nitrogens is 10. The van der Waals surface area contributed by atoms with Crippen molar-refractivity contribution in [2.75, 3.05) is 31.0 Å². The number of nitrogens with one attached hydrogen (secondary N) is 10. The number of Topliss-reactive ketones (excluding diaryl/α,β-unsaturated/α-hetero) is 3. The van der Waals surface area contributed by atoms with Crippen LogP contribution in [0.25, 0.3) is 109 Å². The number of aromatic amines is 10. The van der Waals surface area contributed by atoms with Crippen molar-refractivity contribution in [1.82, 2.24) is 152 Å². The van der Waals surface area contributed by atoms with Gasteiger partial charge in [-0.15, -0.1) is 0 Å². The van der Waals surface area contributed by atoms with Gasteiger partial charge in [-0.05, 0) is 106 Å². The van der Waals surface area contributed by atoms with Gasteiger partial charge in [-0.3, -0.25) is 85.3 Å². The molecule has 0 aliphatic heterocycles. The van der Waals surface area contributed by atoms with E-state index < -0.39 is 29.5 Å². The SMILES string of the molecule is CC(C)(C)c1nccc2cn[nH]c12.CC(C)CC(=O)c1nccc2cn[nH]c12.CC(C)CS(=O)(=O)c1nccc2cn[nH]c12.CC(C)Oc1nccc2cn[nH]c12.CCC(=O)c1nccc2cn[nH]c12.CCCC(=O)c1nccc2cn[nH]c12.CCCS(=O)(=O)c1nccc2cn[nH]c12.CCOc1nccc2cn[nH]c12.CCS(=O)(=O)c1nccc2cn[nH]c12.COc1nccc2cn[nH]c12. The fourth-order valence-corrected chi connectivity index (χ4v) is 17.3. The number of sulfone groups is 3. The number of nitrogens with zero attached hydrogens (tertiary/aromatic N) is 20. The van der Waals surface area contributed by atoms with Crippen molar-refractivity contribution in [3.05, 3.63) is 207 Å². The summed E-state index contributed by atoms with van der Waals surface area (Å²) in [5.74, 6) is 2.66. The highest BCUT2D eigenvalue weighted by atomic mass is 32.2. The van der Waals surface area contributed by atoms with Crippen LogP contribution in [0.5, 0.6) is 17.6 Å². The number of fused-ring (bicyclic) bond motifs is 10. The van der Waals surface area contributed by atoms with Gasteiger partial charge in [-0.2, -0.15) is 51.0 Å². The van der Waals surface area contributed by atoms with Crippen molar-refractivity contribution in [1.29, 1.82) is 0 Å². The molecule has 0 amide bonds. The molecule has 45 heteroatoms. The van der Waals surface area contributed by atoms with E-state index in [0.717, 1.165) is 105 Å². The van der Waals surface area contributed by atoms with Gasteiger partial charge in [0.2, 0.25) is 17.6 Å². The first-order valence-electron chi connectivity index (χ1n) is 43.3.